The molecule has 0 bridgehead atoms. The molecule has 0 aliphatic carbocycles. The summed E-state index contributed by atoms with van der Waals surface area (Å²) in [6.07, 6.45) is 1.75. The maximum atomic E-state index is 13.4. The predicted molar refractivity (Wildman–Crippen MR) is 66.0 cm³/mol. The van der Waals surface area contributed by atoms with Crippen molar-refractivity contribution in [3.05, 3.63) is 35.4 Å². The molecule has 1 fully saturated rings. The number of benzene rings is 1. The number of rotatable bonds is 3. The van der Waals surface area contributed by atoms with Crippen molar-refractivity contribution in [1.29, 1.82) is 0 Å². The van der Waals surface area contributed by atoms with Gasteiger partial charge < -0.3 is 5.11 Å². The molecule has 1 saturated heterocycles. The molecule has 0 spiro atoms. The Morgan fingerprint density at radius 3 is 2.71 bits per heavy atom. The van der Waals surface area contributed by atoms with Crippen LogP contribution >= 0.6 is 11.8 Å². The fourth-order valence-corrected chi connectivity index (χ4v) is 3.40. The number of thioether (sulfide) groups is 1. The maximum absolute atomic E-state index is 13.4. The Morgan fingerprint density at radius 2 is 2.00 bits per heavy atom. The Bertz CT molecular complexity index is 378. The van der Waals surface area contributed by atoms with Gasteiger partial charge in [-0.1, -0.05) is 0 Å². The highest BCUT2D eigenvalue weighted by atomic mass is 32.2. The van der Waals surface area contributed by atoms with E-state index < -0.39 is 17.7 Å². The Hall–Kier alpha value is -0.610. The number of hydrogen-bond acceptors (Lipinski definition) is 2. The van der Waals surface area contributed by atoms with Gasteiger partial charge in [0, 0.05) is 5.56 Å². The van der Waals surface area contributed by atoms with Crippen molar-refractivity contribution in [3.63, 3.8) is 0 Å². The van der Waals surface area contributed by atoms with Crippen molar-refractivity contribution in [2.45, 2.75) is 25.4 Å². The van der Waals surface area contributed by atoms with E-state index in [2.05, 4.69) is 0 Å². The van der Waals surface area contributed by atoms with E-state index in [4.69, 9.17) is 0 Å². The third-order valence-corrected chi connectivity index (χ3v) is 4.26. The van der Waals surface area contributed by atoms with Gasteiger partial charge in [0.15, 0.2) is 0 Å². The van der Waals surface area contributed by atoms with Crippen LogP contribution in [0.1, 0.15) is 30.9 Å². The molecule has 1 heterocycles. The van der Waals surface area contributed by atoms with Crippen LogP contribution in [0.4, 0.5) is 8.78 Å². The molecule has 0 aromatic heterocycles. The average Bonchev–Trinajstić information content (AvgIpc) is 2.33. The van der Waals surface area contributed by atoms with Gasteiger partial charge in [-0.2, -0.15) is 11.8 Å². The van der Waals surface area contributed by atoms with Crippen LogP contribution in [-0.4, -0.2) is 16.6 Å². The summed E-state index contributed by atoms with van der Waals surface area (Å²) in [5.74, 6) is 1.60. The van der Waals surface area contributed by atoms with Crippen LogP contribution in [0.3, 0.4) is 0 Å². The fraction of sp³-hybridized carbons (Fsp3) is 0.538. The second-order valence-corrected chi connectivity index (χ2v) is 5.70. The molecule has 1 aromatic carbocycles. The van der Waals surface area contributed by atoms with Crippen molar-refractivity contribution < 1.29 is 13.9 Å². The van der Waals surface area contributed by atoms with Gasteiger partial charge in [0.1, 0.15) is 11.6 Å². The van der Waals surface area contributed by atoms with E-state index in [0.717, 1.165) is 42.5 Å². The quantitative estimate of drug-likeness (QED) is 0.895. The van der Waals surface area contributed by atoms with Gasteiger partial charge in [-0.15, -0.1) is 0 Å². The summed E-state index contributed by atoms with van der Waals surface area (Å²) in [6.45, 7) is 0. The van der Waals surface area contributed by atoms with E-state index in [0.29, 0.717) is 12.3 Å². The smallest absolute Gasteiger partial charge is 0.129 e. The van der Waals surface area contributed by atoms with Crippen molar-refractivity contribution in [3.8, 4) is 0 Å². The lowest BCUT2D eigenvalue weighted by Gasteiger charge is -2.24. The molecular weight excluding hydrogens is 242 g/mol. The molecule has 1 atom stereocenters. The lowest BCUT2D eigenvalue weighted by atomic mass is 9.92. The van der Waals surface area contributed by atoms with Crippen LogP contribution in [0, 0.1) is 17.6 Å². The van der Waals surface area contributed by atoms with Gasteiger partial charge in [0.05, 0.1) is 6.10 Å². The number of hydrogen-bond donors (Lipinski definition) is 1. The standard InChI is InChI=1S/C13H16F2OS/c14-10-1-2-12(15)11(8-10)13(16)7-9-3-5-17-6-4-9/h1-2,8-9,13,16H,3-7H2. The largest absolute Gasteiger partial charge is 0.388 e. The maximum Gasteiger partial charge on any atom is 0.129 e. The van der Waals surface area contributed by atoms with E-state index in [1.54, 1.807) is 0 Å². The Labute approximate surface area is 104 Å². The Kier molecular flexibility index (Phi) is 4.40. The van der Waals surface area contributed by atoms with E-state index >= 15 is 0 Å². The molecule has 17 heavy (non-hydrogen) atoms. The first-order valence-corrected chi connectivity index (χ1v) is 7.03. The van der Waals surface area contributed by atoms with E-state index in [-0.39, 0.29) is 5.56 Å². The first-order valence-electron chi connectivity index (χ1n) is 5.87. The highest BCUT2D eigenvalue weighted by molar-refractivity contribution is 7.99. The summed E-state index contributed by atoms with van der Waals surface area (Å²) in [7, 11) is 0. The summed E-state index contributed by atoms with van der Waals surface area (Å²) in [5, 5.41) is 9.96. The average molecular weight is 258 g/mol. The van der Waals surface area contributed by atoms with E-state index in [9.17, 15) is 13.9 Å². The molecule has 1 unspecified atom stereocenters. The molecule has 0 saturated carbocycles. The van der Waals surface area contributed by atoms with Gasteiger partial charge in [-0.05, 0) is 54.9 Å². The number of aliphatic hydroxyl groups excluding tert-OH is 1. The normalized spacial score (nSPS) is 19.2. The van der Waals surface area contributed by atoms with Crippen LogP contribution in [0.5, 0.6) is 0 Å². The summed E-state index contributed by atoms with van der Waals surface area (Å²) < 4.78 is 26.4. The van der Waals surface area contributed by atoms with Gasteiger partial charge in [-0.25, -0.2) is 8.78 Å². The van der Waals surface area contributed by atoms with E-state index in [1.165, 1.54) is 0 Å². The second-order valence-electron chi connectivity index (χ2n) is 4.47. The summed E-state index contributed by atoms with van der Waals surface area (Å²) in [5.41, 5.74) is 0.0863. The first-order chi connectivity index (χ1) is 8.16. The fourth-order valence-electron chi connectivity index (χ4n) is 2.19. The molecule has 1 aliphatic rings. The summed E-state index contributed by atoms with van der Waals surface area (Å²) >= 11 is 1.91. The minimum atomic E-state index is -0.890. The predicted octanol–water partition coefficient (Wildman–Crippen LogP) is 3.53. The molecule has 2 rings (SSSR count). The van der Waals surface area contributed by atoms with Crippen LogP contribution in [0.25, 0.3) is 0 Å². The Balaban J connectivity index is 2.02. The van der Waals surface area contributed by atoms with E-state index in [1.807, 2.05) is 11.8 Å². The molecule has 1 aromatic rings. The van der Waals surface area contributed by atoms with Gasteiger partial charge in [0.2, 0.25) is 0 Å². The molecule has 1 nitrogen and oxygen atoms in total. The molecular formula is C13H16F2OS. The van der Waals surface area contributed by atoms with Crippen molar-refractivity contribution in [1.82, 2.24) is 0 Å². The lowest BCUT2D eigenvalue weighted by Crippen LogP contribution is -2.14. The number of aliphatic hydroxyl groups is 1. The monoisotopic (exact) mass is 258 g/mol. The first kappa shape index (κ1) is 12.8. The van der Waals surface area contributed by atoms with Crippen molar-refractivity contribution in [2.75, 3.05) is 11.5 Å². The van der Waals surface area contributed by atoms with Crippen LogP contribution in [0.15, 0.2) is 18.2 Å². The topological polar surface area (TPSA) is 20.2 Å². The van der Waals surface area contributed by atoms with Gasteiger partial charge in [-0.3, -0.25) is 0 Å². The zero-order valence-electron chi connectivity index (χ0n) is 9.53. The van der Waals surface area contributed by atoms with Crippen LogP contribution < -0.4 is 0 Å². The van der Waals surface area contributed by atoms with Crippen LogP contribution in [0.2, 0.25) is 0 Å². The second kappa shape index (κ2) is 5.83. The molecule has 1 N–H and O–H groups in total. The number of halogens is 2. The third-order valence-electron chi connectivity index (χ3n) is 3.21. The Morgan fingerprint density at radius 1 is 1.29 bits per heavy atom. The zero-order valence-corrected chi connectivity index (χ0v) is 10.4. The van der Waals surface area contributed by atoms with Crippen molar-refractivity contribution in [2.24, 2.45) is 5.92 Å². The molecule has 4 heteroatoms. The van der Waals surface area contributed by atoms with Gasteiger partial charge >= 0.3 is 0 Å². The zero-order chi connectivity index (χ0) is 12.3. The highest BCUT2D eigenvalue weighted by Gasteiger charge is 2.21. The summed E-state index contributed by atoms with van der Waals surface area (Å²) in [6, 6.07) is 3.24. The van der Waals surface area contributed by atoms with Crippen LogP contribution in [-0.2, 0) is 0 Å². The highest BCUT2D eigenvalue weighted by Crippen LogP contribution is 2.31. The molecule has 0 radical (unpaired) electrons. The minimum Gasteiger partial charge on any atom is -0.388 e. The minimum absolute atomic E-state index is 0.0863. The SMILES string of the molecule is OC(CC1CCSCC1)c1cc(F)ccc1F. The molecule has 1 aliphatic heterocycles. The molecule has 94 valence electrons. The molecule has 0 amide bonds. The third kappa shape index (κ3) is 3.42. The van der Waals surface area contributed by atoms with Gasteiger partial charge in [0.25, 0.3) is 0 Å². The van der Waals surface area contributed by atoms with Crippen molar-refractivity contribution >= 4 is 11.8 Å². The summed E-state index contributed by atoms with van der Waals surface area (Å²) in [4.78, 5) is 0. The lowest BCUT2D eigenvalue weighted by molar-refractivity contribution is 0.136.